The standard InChI is InChI=1S/C18H28FN3O2/c1-13(2)22(16-6-7-16)11-10-20-18(23)21-14(3)12-24-17-8-4-15(19)5-9-17/h4-5,8-9,13-14,16H,6-7,10-12H2,1-3H3,(H2,20,21,23). The predicted octanol–water partition coefficient (Wildman–Crippen LogP) is 2.77. The van der Waals surface area contributed by atoms with Gasteiger partial charge in [-0.1, -0.05) is 0 Å². The lowest BCUT2D eigenvalue weighted by Gasteiger charge is -2.26. The molecule has 0 aliphatic heterocycles. The van der Waals surface area contributed by atoms with Crippen molar-refractivity contribution in [1.82, 2.24) is 15.5 Å². The fraction of sp³-hybridized carbons (Fsp3) is 0.611. The molecule has 0 aromatic heterocycles. The zero-order chi connectivity index (χ0) is 17.5. The van der Waals surface area contributed by atoms with E-state index in [-0.39, 0.29) is 17.9 Å². The molecule has 0 bridgehead atoms. The molecule has 1 saturated carbocycles. The highest BCUT2D eigenvalue weighted by molar-refractivity contribution is 5.74. The van der Waals surface area contributed by atoms with Gasteiger partial charge in [-0.2, -0.15) is 0 Å². The predicted molar refractivity (Wildman–Crippen MR) is 92.8 cm³/mol. The zero-order valence-corrected chi connectivity index (χ0v) is 14.7. The summed E-state index contributed by atoms with van der Waals surface area (Å²) in [6.07, 6.45) is 2.53. The number of ether oxygens (including phenoxy) is 1. The lowest BCUT2D eigenvalue weighted by atomic mass is 10.3. The molecule has 24 heavy (non-hydrogen) atoms. The van der Waals surface area contributed by atoms with Crippen molar-refractivity contribution in [1.29, 1.82) is 0 Å². The lowest BCUT2D eigenvalue weighted by molar-refractivity contribution is 0.204. The van der Waals surface area contributed by atoms with Crippen molar-refractivity contribution in [2.75, 3.05) is 19.7 Å². The van der Waals surface area contributed by atoms with Crippen molar-refractivity contribution in [2.45, 2.75) is 51.7 Å². The number of hydrogen-bond acceptors (Lipinski definition) is 3. The van der Waals surface area contributed by atoms with Crippen LogP contribution < -0.4 is 15.4 Å². The first-order valence-electron chi connectivity index (χ1n) is 8.64. The zero-order valence-electron chi connectivity index (χ0n) is 14.7. The fourth-order valence-electron chi connectivity index (χ4n) is 2.64. The highest BCUT2D eigenvalue weighted by Crippen LogP contribution is 2.27. The Morgan fingerprint density at radius 1 is 1.29 bits per heavy atom. The molecule has 0 spiro atoms. The topological polar surface area (TPSA) is 53.6 Å². The largest absolute Gasteiger partial charge is 0.491 e. The molecule has 1 aliphatic carbocycles. The molecule has 2 amide bonds. The Labute approximate surface area is 143 Å². The molecule has 1 fully saturated rings. The van der Waals surface area contributed by atoms with Crippen LogP contribution >= 0.6 is 0 Å². The van der Waals surface area contributed by atoms with Crippen LogP contribution in [0.3, 0.4) is 0 Å². The molecule has 0 radical (unpaired) electrons. The average molecular weight is 337 g/mol. The molecule has 134 valence electrons. The number of nitrogens with one attached hydrogen (secondary N) is 2. The molecule has 6 heteroatoms. The minimum Gasteiger partial charge on any atom is -0.491 e. The molecule has 2 N–H and O–H groups in total. The van der Waals surface area contributed by atoms with E-state index in [1.165, 1.54) is 25.0 Å². The van der Waals surface area contributed by atoms with Crippen molar-refractivity contribution in [2.24, 2.45) is 0 Å². The van der Waals surface area contributed by atoms with Crippen molar-refractivity contribution in [3.05, 3.63) is 30.1 Å². The molecule has 1 aromatic rings. The van der Waals surface area contributed by atoms with Crippen LogP contribution in [0, 0.1) is 5.82 Å². The first-order valence-corrected chi connectivity index (χ1v) is 8.64. The number of nitrogens with zero attached hydrogens (tertiary/aromatic N) is 1. The van der Waals surface area contributed by atoms with Gasteiger partial charge in [0.25, 0.3) is 0 Å². The van der Waals surface area contributed by atoms with Crippen LogP contribution in [0.4, 0.5) is 9.18 Å². The highest BCUT2D eigenvalue weighted by Gasteiger charge is 2.30. The molecule has 1 aromatic carbocycles. The van der Waals surface area contributed by atoms with E-state index >= 15 is 0 Å². The van der Waals surface area contributed by atoms with E-state index in [9.17, 15) is 9.18 Å². The maximum absolute atomic E-state index is 12.8. The third-order valence-electron chi connectivity index (χ3n) is 4.03. The molecule has 1 aliphatic rings. The van der Waals surface area contributed by atoms with Crippen LogP contribution in [0.15, 0.2) is 24.3 Å². The molecular formula is C18H28FN3O2. The number of halogens is 1. The second-order valence-electron chi connectivity index (χ2n) is 6.63. The number of rotatable bonds is 9. The number of carbonyl (C=O) groups is 1. The van der Waals surface area contributed by atoms with E-state index in [2.05, 4.69) is 29.4 Å². The van der Waals surface area contributed by atoms with Crippen LogP contribution in [0.2, 0.25) is 0 Å². The summed E-state index contributed by atoms with van der Waals surface area (Å²) in [5.74, 6) is 0.289. The van der Waals surface area contributed by atoms with E-state index in [4.69, 9.17) is 4.74 Å². The van der Waals surface area contributed by atoms with Gasteiger partial charge in [0.1, 0.15) is 18.2 Å². The minimum atomic E-state index is -0.297. The third kappa shape index (κ3) is 6.35. The summed E-state index contributed by atoms with van der Waals surface area (Å²) in [6.45, 7) is 8.08. The number of hydrogen-bond donors (Lipinski definition) is 2. The van der Waals surface area contributed by atoms with E-state index < -0.39 is 0 Å². The number of amides is 2. The van der Waals surface area contributed by atoms with E-state index in [1.54, 1.807) is 12.1 Å². The number of urea groups is 1. The van der Waals surface area contributed by atoms with Crippen molar-refractivity contribution >= 4 is 6.03 Å². The average Bonchev–Trinajstić information content (AvgIpc) is 3.35. The Bertz CT molecular complexity index is 516. The van der Waals surface area contributed by atoms with E-state index in [1.807, 2.05) is 6.92 Å². The molecule has 5 nitrogen and oxygen atoms in total. The smallest absolute Gasteiger partial charge is 0.315 e. The summed E-state index contributed by atoms with van der Waals surface area (Å²) in [6, 6.07) is 6.70. The van der Waals surface area contributed by atoms with Gasteiger partial charge in [-0.15, -0.1) is 0 Å². The van der Waals surface area contributed by atoms with Crippen LogP contribution in [0.25, 0.3) is 0 Å². The fourth-order valence-corrected chi connectivity index (χ4v) is 2.64. The van der Waals surface area contributed by atoms with Gasteiger partial charge in [0.2, 0.25) is 0 Å². The molecule has 0 heterocycles. The maximum Gasteiger partial charge on any atom is 0.315 e. The first-order chi connectivity index (χ1) is 11.5. The molecule has 1 unspecified atom stereocenters. The Morgan fingerprint density at radius 3 is 2.54 bits per heavy atom. The molecule has 0 saturated heterocycles. The second-order valence-corrected chi connectivity index (χ2v) is 6.63. The summed E-state index contributed by atoms with van der Waals surface area (Å²) >= 11 is 0. The summed E-state index contributed by atoms with van der Waals surface area (Å²) in [5, 5.41) is 5.73. The minimum absolute atomic E-state index is 0.139. The van der Waals surface area contributed by atoms with Gasteiger partial charge in [-0.05, 0) is 57.9 Å². The Balaban J connectivity index is 1.61. The second kappa shape index (κ2) is 8.87. The monoisotopic (exact) mass is 337 g/mol. The summed E-state index contributed by atoms with van der Waals surface area (Å²) in [5.41, 5.74) is 0. The molecular weight excluding hydrogens is 309 g/mol. The molecule has 2 rings (SSSR count). The summed E-state index contributed by atoms with van der Waals surface area (Å²) in [4.78, 5) is 14.3. The van der Waals surface area contributed by atoms with Gasteiger partial charge >= 0.3 is 6.03 Å². The Morgan fingerprint density at radius 2 is 1.96 bits per heavy atom. The number of benzene rings is 1. The van der Waals surface area contributed by atoms with E-state index in [0.717, 1.165) is 6.54 Å². The summed E-state index contributed by atoms with van der Waals surface area (Å²) < 4.78 is 18.3. The van der Waals surface area contributed by atoms with Crippen LogP contribution in [0.5, 0.6) is 5.75 Å². The van der Waals surface area contributed by atoms with Crippen molar-refractivity contribution < 1.29 is 13.9 Å². The highest BCUT2D eigenvalue weighted by atomic mass is 19.1. The first kappa shape index (κ1) is 18.5. The maximum atomic E-state index is 12.8. The quantitative estimate of drug-likeness (QED) is 0.728. The van der Waals surface area contributed by atoms with Gasteiger partial charge < -0.3 is 15.4 Å². The van der Waals surface area contributed by atoms with Crippen molar-refractivity contribution in [3.8, 4) is 5.75 Å². The van der Waals surface area contributed by atoms with Crippen molar-refractivity contribution in [3.63, 3.8) is 0 Å². The van der Waals surface area contributed by atoms with Gasteiger partial charge in [0.05, 0.1) is 6.04 Å². The lowest BCUT2D eigenvalue weighted by Crippen LogP contribution is -2.46. The van der Waals surface area contributed by atoms with Crippen LogP contribution in [-0.4, -0.2) is 48.8 Å². The normalized spacial score (nSPS) is 15.4. The SMILES string of the molecule is CC(COc1ccc(F)cc1)NC(=O)NCCN(C(C)C)C1CC1. The summed E-state index contributed by atoms with van der Waals surface area (Å²) in [7, 11) is 0. The molecule has 1 atom stereocenters. The van der Waals surface area contributed by atoms with Gasteiger partial charge in [0.15, 0.2) is 0 Å². The Hall–Kier alpha value is -1.82. The van der Waals surface area contributed by atoms with Gasteiger partial charge in [-0.25, -0.2) is 9.18 Å². The van der Waals surface area contributed by atoms with Crippen LogP contribution in [-0.2, 0) is 0 Å². The number of carbonyl (C=O) groups excluding carboxylic acids is 1. The van der Waals surface area contributed by atoms with Gasteiger partial charge in [-0.3, -0.25) is 4.90 Å². The van der Waals surface area contributed by atoms with Crippen LogP contribution in [0.1, 0.15) is 33.6 Å². The third-order valence-corrected chi connectivity index (χ3v) is 4.03. The van der Waals surface area contributed by atoms with E-state index in [0.29, 0.717) is 31.0 Å². The Kier molecular flexibility index (Phi) is 6.85. The van der Waals surface area contributed by atoms with Gasteiger partial charge in [0, 0.05) is 25.2 Å².